The number of piperidine rings is 1. The first-order chi connectivity index (χ1) is 9.24. The smallest absolute Gasteiger partial charge is 0.153 e. The first kappa shape index (κ1) is 12.5. The van der Waals surface area contributed by atoms with Gasteiger partial charge in [-0.1, -0.05) is 0 Å². The highest BCUT2D eigenvalue weighted by Gasteiger charge is 2.19. The lowest BCUT2D eigenvalue weighted by Gasteiger charge is -2.28. The van der Waals surface area contributed by atoms with Gasteiger partial charge in [0.15, 0.2) is 5.82 Å². The van der Waals surface area contributed by atoms with Crippen molar-refractivity contribution in [2.75, 3.05) is 18.0 Å². The van der Waals surface area contributed by atoms with Gasteiger partial charge in [0.1, 0.15) is 0 Å². The minimum atomic E-state index is 1.02. The molecule has 2 aromatic rings. The Morgan fingerprint density at radius 3 is 2.58 bits per heavy atom. The fourth-order valence-electron chi connectivity index (χ4n) is 3.31. The molecule has 1 saturated heterocycles. The second kappa shape index (κ2) is 4.87. The Labute approximate surface area is 115 Å². The molecule has 0 atom stereocenters. The van der Waals surface area contributed by atoms with E-state index in [0.717, 1.165) is 19.6 Å². The monoisotopic (exact) mass is 257 g/mol. The molecule has 1 aliphatic rings. The van der Waals surface area contributed by atoms with E-state index in [9.17, 15) is 0 Å². The molecule has 0 saturated carbocycles. The van der Waals surface area contributed by atoms with E-state index in [0.29, 0.717) is 0 Å². The third kappa shape index (κ3) is 1.92. The molecule has 0 spiro atoms. The fourth-order valence-corrected chi connectivity index (χ4v) is 3.31. The summed E-state index contributed by atoms with van der Waals surface area (Å²) < 4.78 is 2.42. The molecule has 3 rings (SSSR count). The second-order valence-electron chi connectivity index (χ2n) is 5.53. The summed E-state index contributed by atoms with van der Waals surface area (Å²) in [5, 5.41) is 1.37. The topological polar surface area (TPSA) is 21.1 Å². The highest BCUT2D eigenvalue weighted by Crippen LogP contribution is 2.32. The van der Waals surface area contributed by atoms with Gasteiger partial charge in [-0.25, -0.2) is 4.98 Å². The molecule has 0 amide bonds. The summed E-state index contributed by atoms with van der Waals surface area (Å²) in [5.41, 5.74) is 4.11. The van der Waals surface area contributed by atoms with E-state index < -0.39 is 0 Å². The van der Waals surface area contributed by atoms with Crippen LogP contribution < -0.4 is 4.90 Å². The van der Waals surface area contributed by atoms with Gasteiger partial charge in [-0.3, -0.25) is 0 Å². The van der Waals surface area contributed by atoms with Crippen LogP contribution in [0.1, 0.15) is 37.4 Å². The molecule has 0 radical (unpaired) electrons. The van der Waals surface area contributed by atoms with Gasteiger partial charge in [0, 0.05) is 36.9 Å². The van der Waals surface area contributed by atoms with Gasteiger partial charge in [0.2, 0.25) is 0 Å². The van der Waals surface area contributed by atoms with Crippen molar-refractivity contribution in [3.8, 4) is 0 Å². The molecule has 1 fully saturated rings. The predicted octanol–water partition coefficient (Wildman–Crippen LogP) is 3.66. The lowest BCUT2D eigenvalue weighted by molar-refractivity contribution is 0.573. The zero-order valence-electron chi connectivity index (χ0n) is 12.2. The van der Waals surface area contributed by atoms with E-state index in [1.807, 2.05) is 6.20 Å². The zero-order valence-corrected chi connectivity index (χ0v) is 12.2. The first-order valence-electron chi connectivity index (χ1n) is 7.43. The average Bonchev–Trinajstić information content (AvgIpc) is 2.72. The lowest BCUT2D eigenvalue weighted by atomic mass is 10.1. The molecular formula is C16H23N3. The van der Waals surface area contributed by atoms with Gasteiger partial charge in [0.25, 0.3) is 0 Å². The molecule has 0 aliphatic carbocycles. The molecule has 102 valence electrons. The molecular weight excluding hydrogens is 234 g/mol. The van der Waals surface area contributed by atoms with Crippen molar-refractivity contribution in [3.05, 3.63) is 23.5 Å². The first-order valence-corrected chi connectivity index (χ1v) is 7.43. The van der Waals surface area contributed by atoms with Crippen LogP contribution in [-0.2, 0) is 6.54 Å². The zero-order chi connectivity index (χ0) is 13.4. The van der Waals surface area contributed by atoms with Crippen molar-refractivity contribution in [1.82, 2.24) is 9.55 Å². The average molecular weight is 257 g/mol. The number of hydrogen-bond donors (Lipinski definition) is 0. The van der Waals surface area contributed by atoms with Crippen LogP contribution in [0.5, 0.6) is 0 Å². The van der Waals surface area contributed by atoms with Crippen LogP contribution in [0.3, 0.4) is 0 Å². The van der Waals surface area contributed by atoms with E-state index in [1.165, 1.54) is 47.2 Å². The van der Waals surface area contributed by atoms with Crippen LogP contribution in [0, 0.1) is 13.8 Å². The van der Waals surface area contributed by atoms with E-state index in [1.54, 1.807) is 0 Å². The van der Waals surface area contributed by atoms with Crippen LogP contribution in [-0.4, -0.2) is 22.6 Å². The number of hydrogen-bond acceptors (Lipinski definition) is 2. The Hall–Kier alpha value is -1.51. The molecule has 0 N–H and O–H groups in total. The SMILES string of the molecule is CCn1c(C)c(C)c2ccnc(N3CCCCC3)c21. The minimum Gasteiger partial charge on any atom is -0.355 e. The van der Waals surface area contributed by atoms with E-state index in [-0.39, 0.29) is 0 Å². The maximum Gasteiger partial charge on any atom is 0.153 e. The number of aromatic nitrogens is 2. The summed E-state index contributed by atoms with van der Waals surface area (Å²) >= 11 is 0. The van der Waals surface area contributed by atoms with Gasteiger partial charge in [-0.05, 0) is 51.7 Å². The van der Waals surface area contributed by atoms with Gasteiger partial charge in [0.05, 0.1) is 5.52 Å². The van der Waals surface area contributed by atoms with Crippen LogP contribution >= 0.6 is 0 Å². The summed E-state index contributed by atoms with van der Waals surface area (Å²) in [5.74, 6) is 1.19. The summed E-state index contributed by atoms with van der Waals surface area (Å²) in [4.78, 5) is 7.17. The normalized spacial score (nSPS) is 16.3. The van der Waals surface area contributed by atoms with Crippen molar-refractivity contribution in [2.45, 2.75) is 46.6 Å². The predicted molar refractivity (Wildman–Crippen MR) is 80.9 cm³/mol. The Bertz CT molecular complexity index is 592. The Morgan fingerprint density at radius 1 is 1.16 bits per heavy atom. The third-order valence-electron chi connectivity index (χ3n) is 4.50. The Kier molecular flexibility index (Phi) is 3.21. The van der Waals surface area contributed by atoms with Gasteiger partial charge < -0.3 is 9.47 Å². The van der Waals surface area contributed by atoms with E-state index >= 15 is 0 Å². The molecule has 0 bridgehead atoms. The number of pyridine rings is 1. The summed E-state index contributed by atoms with van der Waals surface area (Å²) in [7, 11) is 0. The van der Waals surface area contributed by atoms with Crippen LogP contribution in [0.4, 0.5) is 5.82 Å². The number of aryl methyl sites for hydroxylation is 2. The van der Waals surface area contributed by atoms with E-state index in [4.69, 9.17) is 4.98 Å². The van der Waals surface area contributed by atoms with Crippen molar-refractivity contribution >= 4 is 16.7 Å². The quantitative estimate of drug-likeness (QED) is 0.818. The molecule has 1 aliphatic heterocycles. The highest BCUT2D eigenvalue weighted by atomic mass is 15.2. The van der Waals surface area contributed by atoms with Gasteiger partial charge in [-0.2, -0.15) is 0 Å². The highest BCUT2D eigenvalue weighted by molar-refractivity contribution is 5.93. The van der Waals surface area contributed by atoms with Crippen LogP contribution in [0.15, 0.2) is 12.3 Å². The van der Waals surface area contributed by atoms with Crippen molar-refractivity contribution in [3.63, 3.8) is 0 Å². The fraction of sp³-hybridized carbons (Fsp3) is 0.562. The number of nitrogens with zero attached hydrogens (tertiary/aromatic N) is 3. The second-order valence-corrected chi connectivity index (χ2v) is 5.53. The van der Waals surface area contributed by atoms with Gasteiger partial charge in [-0.15, -0.1) is 0 Å². The number of fused-ring (bicyclic) bond motifs is 1. The Balaban J connectivity index is 2.21. The third-order valence-corrected chi connectivity index (χ3v) is 4.50. The van der Waals surface area contributed by atoms with Crippen LogP contribution in [0.2, 0.25) is 0 Å². The number of rotatable bonds is 2. The largest absolute Gasteiger partial charge is 0.355 e. The van der Waals surface area contributed by atoms with Gasteiger partial charge >= 0.3 is 0 Å². The van der Waals surface area contributed by atoms with Crippen molar-refractivity contribution in [1.29, 1.82) is 0 Å². The summed E-state index contributed by atoms with van der Waals surface area (Å²) in [6.07, 6.45) is 5.92. The molecule has 0 unspecified atom stereocenters. The molecule has 3 nitrogen and oxygen atoms in total. The minimum absolute atomic E-state index is 1.02. The molecule has 3 heteroatoms. The molecule has 2 aromatic heterocycles. The summed E-state index contributed by atoms with van der Waals surface area (Å²) in [6, 6.07) is 2.16. The molecule has 19 heavy (non-hydrogen) atoms. The lowest BCUT2D eigenvalue weighted by Crippen LogP contribution is -2.30. The standard InChI is InChI=1S/C16H23N3/c1-4-19-13(3)12(2)14-8-9-17-16(15(14)19)18-10-6-5-7-11-18/h8-9H,4-7,10-11H2,1-3H3. The molecule has 3 heterocycles. The van der Waals surface area contributed by atoms with Crippen molar-refractivity contribution in [2.24, 2.45) is 0 Å². The van der Waals surface area contributed by atoms with E-state index in [2.05, 4.69) is 36.3 Å². The number of anilines is 1. The molecule has 0 aromatic carbocycles. The van der Waals surface area contributed by atoms with Crippen LogP contribution in [0.25, 0.3) is 10.9 Å². The summed E-state index contributed by atoms with van der Waals surface area (Å²) in [6.45, 7) is 9.99. The maximum atomic E-state index is 4.70. The maximum absolute atomic E-state index is 4.70. The Morgan fingerprint density at radius 2 is 1.89 bits per heavy atom. The van der Waals surface area contributed by atoms with Crippen molar-refractivity contribution < 1.29 is 0 Å².